The van der Waals surface area contributed by atoms with E-state index in [1.54, 1.807) is 36.7 Å². The highest BCUT2D eigenvalue weighted by Gasteiger charge is 2.12. The molecule has 2 aromatic heterocycles. The Morgan fingerprint density at radius 3 is 2.71 bits per heavy atom. The number of phenolic OH excluding ortho intramolecular Hbond substituents is 1. The van der Waals surface area contributed by atoms with Crippen LogP contribution in [-0.2, 0) is 0 Å². The van der Waals surface area contributed by atoms with Crippen molar-refractivity contribution in [3.05, 3.63) is 42.7 Å². The van der Waals surface area contributed by atoms with Gasteiger partial charge in [0, 0.05) is 29.6 Å². The van der Waals surface area contributed by atoms with Gasteiger partial charge in [-0.1, -0.05) is 5.16 Å². The number of aromatic hydroxyl groups is 1. The Morgan fingerprint density at radius 1 is 1.14 bits per heavy atom. The molecular weight excluding hydrogens is 270 g/mol. The summed E-state index contributed by atoms with van der Waals surface area (Å²) in [6.45, 7) is 2.38. The minimum atomic E-state index is 0.0830. The second-order valence-corrected chi connectivity index (χ2v) is 4.31. The maximum absolute atomic E-state index is 9.73. The third-order valence-electron chi connectivity index (χ3n) is 2.81. The van der Waals surface area contributed by atoms with Gasteiger partial charge in [-0.3, -0.25) is 4.98 Å². The molecule has 3 rings (SSSR count). The lowest BCUT2D eigenvalue weighted by atomic mass is 10.2. The standard InChI is InChI=1S/C15H13N3O3/c1-2-20-13-8-11(7-12(19)9-13)15-17-14(18-21-15)10-3-5-16-6-4-10/h3-9,19H,2H2,1H3. The SMILES string of the molecule is CCOc1cc(O)cc(-c2nc(-c3ccncc3)no2)c1. The van der Waals surface area contributed by atoms with Gasteiger partial charge in [-0.2, -0.15) is 4.98 Å². The molecule has 6 nitrogen and oxygen atoms in total. The molecule has 0 aliphatic heterocycles. The van der Waals surface area contributed by atoms with Gasteiger partial charge in [-0.15, -0.1) is 0 Å². The third-order valence-corrected chi connectivity index (χ3v) is 2.81. The third kappa shape index (κ3) is 2.84. The maximum atomic E-state index is 9.73. The molecule has 2 heterocycles. The summed E-state index contributed by atoms with van der Waals surface area (Å²) in [4.78, 5) is 8.26. The molecule has 0 saturated heterocycles. The van der Waals surface area contributed by atoms with Crippen LogP contribution in [0.1, 0.15) is 6.92 Å². The number of ether oxygens (including phenoxy) is 1. The van der Waals surface area contributed by atoms with Crippen molar-refractivity contribution in [1.29, 1.82) is 0 Å². The maximum Gasteiger partial charge on any atom is 0.258 e. The van der Waals surface area contributed by atoms with Crippen LogP contribution >= 0.6 is 0 Å². The van der Waals surface area contributed by atoms with Crippen molar-refractivity contribution < 1.29 is 14.4 Å². The number of phenols is 1. The molecule has 0 aliphatic carbocycles. The summed E-state index contributed by atoms with van der Waals surface area (Å²) >= 11 is 0. The van der Waals surface area contributed by atoms with Crippen molar-refractivity contribution in [2.24, 2.45) is 0 Å². The van der Waals surface area contributed by atoms with E-state index in [0.29, 0.717) is 29.6 Å². The number of hydrogen-bond acceptors (Lipinski definition) is 6. The van der Waals surface area contributed by atoms with Crippen molar-refractivity contribution >= 4 is 0 Å². The van der Waals surface area contributed by atoms with Crippen LogP contribution in [0.5, 0.6) is 11.5 Å². The van der Waals surface area contributed by atoms with Gasteiger partial charge in [-0.05, 0) is 31.2 Å². The Hall–Kier alpha value is -2.89. The molecule has 0 fully saturated rings. The van der Waals surface area contributed by atoms with Gasteiger partial charge in [0.15, 0.2) is 0 Å². The zero-order chi connectivity index (χ0) is 14.7. The smallest absolute Gasteiger partial charge is 0.258 e. The molecule has 1 N–H and O–H groups in total. The van der Waals surface area contributed by atoms with Gasteiger partial charge in [-0.25, -0.2) is 0 Å². The largest absolute Gasteiger partial charge is 0.508 e. The number of nitrogens with zero attached hydrogens (tertiary/aromatic N) is 3. The molecule has 0 spiro atoms. The summed E-state index contributed by atoms with van der Waals surface area (Å²) in [6, 6.07) is 8.41. The van der Waals surface area contributed by atoms with Gasteiger partial charge in [0.25, 0.3) is 5.89 Å². The van der Waals surface area contributed by atoms with Gasteiger partial charge < -0.3 is 14.4 Å². The van der Waals surface area contributed by atoms with Gasteiger partial charge in [0.1, 0.15) is 11.5 Å². The second kappa shape index (κ2) is 5.62. The van der Waals surface area contributed by atoms with Gasteiger partial charge >= 0.3 is 0 Å². The van der Waals surface area contributed by atoms with E-state index in [9.17, 15) is 5.11 Å². The molecule has 21 heavy (non-hydrogen) atoms. The van der Waals surface area contributed by atoms with E-state index in [-0.39, 0.29) is 5.75 Å². The molecule has 0 atom stereocenters. The molecule has 0 bridgehead atoms. The fourth-order valence-electron chi connectivity index (χ4n) is 1.92. The summed E-state index contributed by atoms with van der Waals surface area (Å²) in [5.41, 5.74) is 1.41. The van der Waals surface area contributed by atoms with Crippen molar-refractivity contribution in [3.63, 3.8) is 0 Å². The molecule has 0 radical (unpaired) electrons. The zero-order valence-corrected chi connectivity index (χ0v) is 11.4. The molecule has 0 amide bonds. The Kier molecular flexibility index (Phi) is 3.51. The van der Waals surface area contributed by atoms with Crippen molar-refractivity contribution in [2.75, 3.05) is 6.61 Å². The van der Waals surface area contributed by atoms with Crippen LogP contribution in [0.2, 0.25) is 0 Å². The fourth-order valence-corrected chi connectivity index (χ4v) is 1.92. The van der Waals surface area contributed by atoms with E-state index in [2.05, 4.69) is 15.1 Å². The summed E-state index contributed by atoms with van der Waals surface area (Å²) in [5, 5.41) is 13.7. The van der Waals surface area contributed by atoms with Crippen LogP contribution in [-0.4, -0.2) is 26.8 Å². The lowest BCUT2D eigenvalue weighted by Crippen LogP contribution is -1.91. The number of hydrogen-bond donors (Lipinski definition) is 1. The predicted octanol–water partition coefficient (Wildman–Crippen LogP) is 2.90. The Bertz CT molecular complexity index is 741. The van der Waals surface area contributed by atoms with Crippen LogP contribution in [0.25, 0.3) is 22.8 Å². The molecule has 0 unspecified atom stereocenters. The highest BCUT2D eigenvalue weighted by molar-refractivity contribution is 5.62. The zero-order valence-electron chi connectivity index (χ0n) is 11.4. The minimum absolute atomic E-state index is 0.0830. The minimum Gasteiger partial charge on any atom is -0.508 e. The first-order chi connectivity index (χ1) is 10.3. The Morgan fingerprint density at radius 2 is 1.95 bits per heavy atom. The van der Waals surface area contributed by atoms with E-state index in [0.717, 1.165) is 5.56 Å². The number of benzene rings is 1. The van der Waals surface area contributed by atoms with Crippen LogP contribution in [0.4, 0.5) is 0 Å². The highest BCUT2D eigenvalue weighted by Crippen LogP contribution is 2.29. The molecular formula is C15H13N3O3. The first kappa shape index (κ1) is 13.1. The topological polar surface area (TPSA) is 81.3 Å². The summed E-state index contributed by atoms with van der Waals surface area (Å²) in [7, 11) is 0. The first-order valence-electron chi connectivity index (χ1n) is 6.47. The molecule has 1 aromatic carbocycles. The van der Waals surface area contributed by atoms with Crippen molar-refractivity contribution in [3.8, 4) is 34.3 Å². The van der Waals surface area contributed by atoms with E-state index >= 15 is 0 Å². The molecule has 0 saturated carbocycles. The summed E-state index contributed by atoms with van der Waals surface area (Å²) in [6.07, 6.45) is 3.32. The van der Waals surface area contributed by atoms with E-state index in [1.807, 2.05) is 6.92 Å². The molecule has 0 aliphatic rings. The van der Waals surface area contributed by atoms with Gasteiger partial charge in [0.2, 0.25) is 5.82 Å². The van der Waals surface area contributed by atoms with Crippen LogP contribution in [0.15, 0.2) is 47.2 Å². The number of pyridine rings is 1. The van der Waals surface area contributed by atoms with E-state index in [4.69, 9.17) is 9.26 Å². The number of rotatable bonds is 4. The second-order valence-electron chi connectivity index (χ2n) is 4.31. The molecule has 3 aromatic rings. The lowest BCUT2D eigenvalue weighted by Gasteiger charge is -2.04. The molecule has 6 heteroatoms. The van der Waals surface area contributed by atoms with Gasteiger partial charge in [0.05, 0.1) is 6.61 Å². The van der Waals surface area contributed by atoms with Crippen LogP contribution in [0, 0.1) is 0 Å². The van der Waals surface area contributed by atoms with Crippen molar-refractivity contribution in [2.45, 2.75) is 6.92 Å². The van der Waals surface area contributed by atoms with E-state index < -0.39 is 0 Å². The average molecular weight is 283 g/mol. The Labute approximate surface area is 121 Å². The average Bonchev–Trinajstić information content (AvgIpc) is 2.98. The fraction of sp³-hybridized carbons (Fsp3) is 0.133. The molecule has 106 valence electrons. The summed E-state index contributed by atoms with van der Waals surface area (Å²) < 4.78 is 10.6. The highest BCUT2D eigenvalue weighted by atomic mass is 16.5. The lowest BCUT2D eigenvalue weighted by molar-refractivity contribution is 0.337. The van der Waals surface area contributed by atoms with E-state index in [1.165, 1.54) is 6.07 Å². The Balaban J connectivity index is 1.96. The van der Waals surface area contributed by atoms with Crippen molar-refractivity contribution in [1.82, 2.24) is 15.1 Å². The predicted molar refractivity (Wildman–Crippen MR) is 75.8 cm³/mol. The summed E-state index contributed by atoms with van der Waals surface area (Å²) in [5.74, 6) is 1.42. The quantitative estimate of drug-likeness (QED) is 0.792. The van der Waals surface area contributed by atoms with Crippen LogP contribution in [0.3, 0.4) is 0 Å². The monoisotopic (exact) mass is 283 g/mol. The number of aromatic nitrogens is 3. The van der Waals surface area contributed by atoms with Crippen LogP contribution < -0.4 is 4.74 Å². The first-order valence-corrected chi connectivity index (χ1v) is 6.47. The normalized spacial score (nSPS) is 10.5.